The van der Waals surface area contributed by atoms with Gasteiger partial charge in [0.2, 0.25) is 0 Å². The second-order valence-corrected chi connectivity index (χ2v) is 5.76. The van der Waals surface area contributed by atoms with Gasteiger partial charge in [-0.25, -0.2) is 0 Å². The van der Waals surface area contributed by atoms with Crippen LogP contribution in [0.5, 0.6) is 0 Å². The number of rotatable bonds is 5. The molecule has 1 unspecified atom stereocenters. The minimum Gasteiger partial charge on any atom is -0.388 e. The Balaban J connectivity index is 2.17. The molecule has 18 heavy (non-hydrogen) atoms. The Kier molecular flexibility index (Phi) is 4.26. The molecule has 2 aromatic rings. The number of thioether (sulfide) groups is 1. The van der Waals surface area contributed by atoms with Crippen LogP contribution in [0.1, 0.15) is 19.8 Å². The summed E-state index contributed by atoms with van der Waals surface area (Å²) < 4.78 is 0. The number of nitrogens with one attached hydrogen (secondary N) is 1. The maximum atomic E-state index is 7.39. The Labute approximate surface area is 112 Å². The van der Waals surface area contributed by atoms with E-state index >= 15 is 0 Å². The minimum atomic E-state index is 0.273. The standard InChI is InChI=1S/C15H18N2S/c1-2-13(10-15(16)17)18-14-8-7-11-5-3-4-6-12(11)9-14/h3-9,13H,2,10H2,1H3,(H3,16,17). The molecule has 0 saturated heterocycles. The fourth-order valence-electron chi connectivity index (χ4n) is 1.95. The summed E-state index contributed by atoms with van der Waals surface area (Å²) in [7, 11) is 0. The smallest absolute Gasteiger partial charge is 0.0916 e. The molecule has 1 atom stereocenters. The van der Waals surface area contributed by atoms with Crippen LogP contribution in [0.25, 0.3) is 10.8 Å². The summed E-state index contributed by atoms with van der Waals surface area (Å²) in [5.74, 6) is 0.273. The van der Waals surface area contributed by atoms with E-state index in [1.54, 1.807) is 0 Å². The van der Waals surface area contributed by atoms with Crippen LogP contribution in [-0.2, 0) is 0 Å². The van der Waals surface area contributed by atoms with Gasteiger partial charge in [-0.3, -0.25) is 5.41 Å². The van der Waals surface area contributed by atoms with E-state index in [0.29, 0.717) is 11.7 Å². The Hall–Kier alpha value is -1.48. The predicted molar refractivity (Wildman–Crippen MR) is 80.4 cm³/mol. The Bertz CT molecular complexity index is 551. The summed E-state index contributed by atoms with van der Waals surface area (Å²) in [6.07, 6.45) is 1.69. The van der Waals surface area contributed by atoms with Crippen molar-refractivity contribution < 1.29 is 0 Å². The molecule has 0 aliphatic heterocycles. The first kappa shape index (κ1) is 13.0. The lowest BCUT2D eigenvalue weighted by Gasteiger charge is -2.13. The van der Waals surface area contributed by atoms with Crippen LogP contribution >= 0.6 is 11.8 Å². The molecule has 0 radical (unpaired) electrons. The number of hydrogen-bond donors (Lipinski definition) is 2. The van der Waals surface area contributed by atoms with E-state index in [1.165, 1.54) is 15.7 Å². The topological polar surface area (TPSA) is 49.9 Å². The van der Waals surface area contributed by atoms with E-state index in [1.807, 2.05) is 11.8 Å². The van der Waals surface area contributed by atoms with E-state index in [-0.39, 0.29) is 5.84 Å². The second kappa shape index (κ2) is 5.91. The summed E-state index contributed by atoms with van der Waals surface area (Å²) in [5.41, 5.74) is 5.48. The van der Waals surface area contributed by atoms with E-state index in [0.717, 1.165) is 6.42 Å². The number of hydrogen-bond acceptors (Lipinski definition) is 2. The summed E-state index contributed by atoms with van der Waals surface area (Å²) >= 11 is 1.81. The van der Waals surface area contributed by atoms with Gasteiger partial charge in [0.15, 0.2) is 0 Å². The van der Waals surface area contributed by atoms with Crippen LogP contribution < -0.4 is 5.73 Å². The highest BCUT2D eigenvalue weighted by Gasteiger charge is 2.10. The van der Waals surface area contributed by atoms with E-state index in [4.69, 9.17) is 11.1 Å². The average Bonchev–Trinajstić information content (AvgIpc) is 2.37. The highest BCUT2D eigenvalue weighted by Crippen LogP contribution is 2.29. The Morgan fingerprint density at radius 2 is 1.94 bits per heavy atom. The summed E-state index contributed by atoms with van der Waals surface area (Å²) in [5, 5.41) is 10.3. The molecule has 3 N–H and O–H groups in total. The fraction of sp³-hybridized carbons (Fsp3) is 0.267. The third-order valence-corrected chi connectivity index (χ3v) is 4.29. The second-order valence-electron chi connectivity index (χ2n) is 4.39. The molecular formula is C15H18N2S. The molecule has 2 nitrogen and oxygen atoms in total. The van der Waals surface area contributed by atoms with Gasteiger partial charge in [0.05, 0.1) is 5.84 Å². The van der Waals surface area contributed by atoms with Gasteiger partial charge in [-0.15, -0.1) is 11.8 Å². The molecule has 0 saturated carbocycles. The van der Waals surface area contributed by atoms with Gasteiger partial charge >= 0.3 is 0 Å². The summed E-state index contributed by atoms with van der Waals surface area (Å²) in [4.78, 5) is 1.25. The number of amidine groups is 1. The van der Waals surface area contributed by atoms with E-state index in [9.17, 15) is 0 Å². The number of fused-ring (bicyclic) bond motifs is 1. The average molecular weight is 258 g/mol. The van der Waals surface area contributed by atoms with Gasteiger partial charge < -0.3 is 5.73 Å². The lowest BCUT2D eigenvalue weighted by atomic mass is 10.1. The van der Waals surface area contributed by atoms with Crippen LogP contribution in [-0.4, -0.2) is 11.1 Å². The van der Waals surface area contributed by atoms with Crippen LogP contribution in [0.4, 0.5) is 0 Å². The normalized spacial score (nSPS) is 12.5. The highest BCUT2D eigenvalue weighted by atomic mass is 32.2. The largest absolute Gasteiger partial charge is 0.388 e. The molecule has 3 heteroatoms. The first-order valence-corrected chi connectivity index (χ1v) is 7.05. The van der Waals surface area contributed by atoms with Crippen molar-refractivity contribution in [2.24, 2.45) is 5.73 Å². The zero-order chi connectivity index (χ0) is 13.0. The van der Waals surface area contributed by atoms with Gasteiger partial charge in [0, 0.05) is 16.6 Å². The molecule has 0 aliphatic carbocycles. The molecule has 0 bridgehead atoms. The van der Waals surface area contributed by atoms with Gasteiger partial charge in [-0.2, -0.15) is 0 Å². The van der Waals surface area contributed by atoms with Crippen LogP contribution in [0.3, 0.4) is 0 Å². The van der Waals surface area contributed by atoms with Crippen molar-refractivity contribution in [3.8, 4) is 0 Å². The quantitative estimate of drug-likeness (QED) is 0.483. The van der Waals surface area contributed by atoms with Crippen LogP contribution in [0, 0.1) is 5.41 Å². The third-order valence-electron chi connectivity index (χ3n) is 2.93. The number of benzene rings is 2. The van der Waals surface area contributed by atoms with E-state index in [2.05, 4.69) is 49.4 Å². The molecule has 0 amide bonds. The molecule has 94 valence electrons. The van der Waals surface area contributed by atoms with Gasteiger partial charge in [0.1, 0.15) is 0 Å². The highest BCUT2D eigenvalue weighted by molar-refractivity contribution is 8.00. The summed E-state index contributed by atoms with van der Waals surface area (Å²) in [6.45, 7) is 2.14. The van der Waals surface area contributed by atoms with Gasteiger partial charge in [0.25, 0.3) is 0 Å². The molecule has 0 spiro atoms. The monoisotopic (exact) mass is 258 g/mol. The molecule has 0 aliphatic rings. The maximum Gasteiger partial charge on any atom is 0.0916 e. The fourth-order valence-corrected chi connectivity index (χ4v) is 3.10. The molecule has 0 fully saturated rings. The lowest BCUT2D eigenvalue weighted by Crippen LogP contribution is -2.16. The van der Waals surface area contributed by atoms with Crippen LogP contribution in [0.15, 0.2) is 47.4 Å². The first-order chi connectivity index (χ1) is 8.69. The minimum absolute atomic E-state index is 0.273. The van der Waals surface area contributed by atoms with E-state index < -0.39 is 0 Å². The molecular weight excluding hydrogens is 240 g/mol. The Morgan fingerprint density at radius 3 is 2.61 bits per heavy atom. The SMILES string of the molecule is CCC(CC(=N)N)Sc1ccc2ccccc2c1. The molecule has 2 rings (SSSR count). The first-order valence-electron chi connectivity index (χ1n) is 6.17. The molecule has 2 aromatic carbocycles. The summed E-state index contributed by atoms with van der Waals surface area (Å²) in [6, 6.07) is 14.9. The van der Waals surface area contributed by atoms with Crippen molar-refractivity contribution in [2.45, 2.75) is 29.9 Å². The zero-order valence-electron chi connectivity index (χ0n) is 10.5. The van der Waals surface area contributed by atoms with Crippen molar-refractivity contribution >= 4 is 28.4 Å². The number of nitrogens with two attached hydrogens (primary N) is 1. The van der Waals surface area contributed by atoms with Crippen LogP contribution in [0.2, 0.25) is 0 Å². The molecule has 0 heterocycles. The maximum absolute atomic E-state index is 7.39. The predicted octanol–water partition coefficient (Wildman–Crippen LogP) is 4.04. The van der Waals surface area contributed by atoms with Crippen molar-refractivity contribution in [3.63, 3.8) is 0 Å². The van der Waals surface area contributed by atoms with Gasteiger partial charge in [-0.05, 0) is 29.3 Å². The van der Waals surface area contributed by atoms with Crippen molar-refractivity contribution in [1.29, 1.82) is 5.41 Å². The van der Waals surface area contributed by atoms with Crippen molar-refractivity contribution in [3.05, 3.63) is 42.5 Å². The van der Waals surface area contributed by atoms with Gasteiger partial charge in [-0.1, -0.05) is 37.3 Å². The third kappa shape index (κ3) is 3.26. The lowest BCUT2D eigenvalue weighted by molar-refractivity contribution is 0.849. The molecule has 0 aromatic heterocycles. The zero-order valence-corrected chi connectivity index (χ0v) is 11.3. The Morgan fingerprint density at radius 1 is 1.22 bits per heavy atom. The van der Waals surface area contributed by atoms with Crippen molar-refractivity contribution in [2.75, 3.05) is 0 Å². The van der Waals surface area contributed by atoms with Crippen molar-refractivity contribution in [1.82, 2.24) is 0 Å².